The van der Waals surface area contributed by atoms with Crippen molar-refractivity contribution in [3.63, 3.8) is 0 Å². The molecule has 1 aromatic carbocycles. The lowest BCUT2D eigenvalue weighted by Crippen LogP contribution is -2.34. The highest BCUT2D eigenvalue weighted by molar-refractivity contribution is 5.96. The molecule has 0 fully saturated rings. The van der Waals surface area contributed by atoms with Gasteiger partial charge in [-0.2, -0.15) is 5.10 Å². The van der Waals surface area contributed by atoms with Crippen LogP contribution in [-0.4, -0.2) is 43.8 Å². The third kappa shape index (κ3) is 5.31. The summed E-state index contributed by atoms with van der Waals surface area (Å²) < 4.78 is 10.3. The van der Waals surface area contributed by atoms with Crippen LogP contribution in [0.25, 0.3) is 0 Å². The second-order valence-corrected chi connectivity index (χ2v) is 4.83. The first-order chi connectivity index (χ1) is 12.1. The normalized spacial score (nSPS) is 10.3. The van der Waals surface area contributed by atoms with E-state index in [0.29, 0.717) is 17.1 Å². The van der Waals surface area contributed by atoms with E-state index in [1.54, 1.807) is 37.4 Å². The Hall–Kier alpha value is -3.42. The van der Waals surface area contributed by atoms with Crippen molar-refractivity contribution in [2.75, 3.05) is 20.8 Å². The number of rotatable bonds is 7. The Labute approximate surface area is 144 Å². The number of benzene rings is 1. The maximum absolute atomic E-state index is 11.8. The Kier molecular flexibility index (Phi) is 6.47. The number of aromatic nitrogens is 1. The molecule has 0 aliphatic rings. The Morgan fingerprint density at radius 1 is 1.12 bits per heavy atom. The fourth-order valence-electron chi connectivity index (χ4n) is 1.92. The van der Waals surface area contributed by atoms with E-state index < -0.39 is 5.91 Å². The molecule has 0 atom stereocenters. The first-order valence-electron chi connectivity index (χ1n) is 7.36. The van der Waals surface area contributed by atoms with Gasteiger partial charge in [-0.3, -0.25) is 14.6 Å². The number of hydrogen-bond acceptors (Lipinski definition) is 6. The quantitative estimate of drug-likeness (QED) is 0.577. The summed E-state index contributed by atoms with van der Waals surface area (Å²) in [6.45, 7) is -0.190. The Bertz CT molecular complexity index is 762. The summed E-state index contributed by atoms with van der Waals surface area (Å²) in [6.07, 6.45) is 4.47. The van der Waals surface area contributed by atoms with E-state index in [1.165, 1.54) is 25.7 Å². The molecule has 2 aromatic rings. The number of methoxy groups -OCH3 is 2. The molecule has 25 heavy (non-hydrogen) atoms. The first-order valence-corrected chi connectivity index (χ1v) is 7.36. The predicted molar refractivity (Wildman–Crippen MR) is 91.9 cm³/mol. The number of nitrogens with one attached hydrogen (secondary N) is 2. The minimum absolute atomic E-state index is 0.190. The molecule has 130 valence electrons. The highest BCUT2D eigenvalue weighted by atomic mass is 16.5. The summed E-state index contributed by atoms with van der Waals surface area (Å²) in [4.78, 5) is 27.3. The van der Waals surface area contributed by atoms with Gasteiger partial charge in [-0.15, -0.1) is 0 Å². The minimum Gasteiger partial charge on any atom is -0.493 e. The number of hydrazone groups is 1. The SMILES string of the molecule is COc1ccc(/C=N/NC(=O)CNC(=O)c2ccncc2)cc1OC. The monoisotopic (exact) mass is 342 g/mol. The van der Waals surface area contributed by atoms with Crippen LogP contribution >= 0.6 is 0 Å². The highest BCUT2D eigenvalue weighted by Crippen LogP contribution is 2.26. The van der Waals surface area contributed by atoms with Crippen molar-refractivity contribution in [1.29, 1.82) is 0 Å². The second kappa shape index (κ2) is 9.02. The van der Waals surface area contributed by atoms with E-state index in [0.717, 1.165) is 5.56 Å². The van der Waals surface area contributed by atoms with E-state index in [4.69, 9.17) is 9.47 Å². The van der Waals surface area contributed by atoms with Gasteiger partial charge >= 0.3 is 0 Å². The number of carbonyl (C=O) groups excluding carboxylic acids is 2. The molecule has 0 radical (unpaired) electrons. The summed E-state index contributed by atoms with van der Waals surface area (Å²) >= 11 is 0. The van der Waals surface area contributed by atoms with Crippen LogP contribution < -0.4 is 20.2 Å². The van der Waals surface area contributed by atoms with Crippen molar-refractivity contribution < 1.29 is 19.1 Å². The van der Waals surface area contributed by atoms with E-state index in [9.17, 15) is 9.59 Å². The van der Waals surface area contributed by atoms with Gasteiger partial charge in [0.1, 0.15) is 0 Å². The van der Waals surface area contributed by atoms with Crippen LogP contribution in [0.4, 0.5) is 0 Å². The van der Waals surface area contributed by atoms with Crippen molar-refractivity contribution in [1.82, 2.24) is 15.7 Å². The topological polar surface area (TPSA) is 102 Å². The van der Waals surface area contributed by atoms with E-state index >= 15 is 0 Å². The molecule has 2 amide bonds. The second-order valence-electron chi connectivity index (χ2n) is 4.83. The molecule has 0 aliphatic heterocycles. The lowest BCUT2D eigenvalue weighted by Gasteiger charge is -2.07. The molecule has 0 bridgehead atoms. The molecule has 1 aromatic heterocycles. The van der Waals surface area contributed by atoms with E-state index in [2.05, 4.69) is 20.8 Å². The zero-order valence-corrected chi connectivity index (χ0v) is 13.9. The molecule has 1 heterocycles. The maximum Gasteiger partial charge on any atom is 0.259 e. The summed E-state index contributed by atoms with van der Waals surface area (Å²) in [7, 11) is 3.08. The summed E-state index contributed by atoms with van der Waals surface area (Å²) in [5.74, 6) is 0.352. The fourth-order valence-corrected chi connectivity index (χ4v) is 1.92. The van der Waals surface area contributed by atoms with E-state index in [-0.39, 0.29) is 12.5 Å². The third-order valence-electron chi connectivity index (χ3n) is 3.16. The molecule has 8 nitrogen and oxygen atoms in total. The average Bonchev–Trinajstić information content (AvgIpc) is 2.66. The van der Waals surface area contributed by atoms with E-state index in [1.807, 2.05) is 0 Å². The zero-order chi connectivity index (χ0) is 18.1. The first kappa shape index (κ1) is 17.9. The zero-order valence-electron chi connectivity index (χ0n) is 13.9. The molecule has 0 saturated heterocycles. The van der Waals surface area contributed by atoms with Gasteiger partial charge in [-0.05, 0) is 35.9 Å². The molecular formula is C17H18N4O4. The standard InChI is InChI=1S/C17H18N4O4/c1-24-14-4-3-12(9-15(14)25-2)10-20-21-16(22)11-19-17(23)13-5-7-18-8-6-13/h3-10H,11H2,1-2H3,(H,19,23)(H,21,22)/b20-10+. The van der Waals surface area contributed by atoms with Gasteiger partial charge < -0.3 is 14.8 Å². The van der Waals surface area contributed by atoms with Crippen LogP contribution in [-0.2, 0) is 4.79 Å². The van der Waals surface area contributed by atoms with Gasteiger partial charge in [0.15, 0.2) is 11.5 Å². The summed E-state index contributed by atoms with van der Waals surface area (Å²) in [5, 5.41) is 6.33. The third-order valence-corrected chi connectivity index (χ3v) is 3.16. The van der Waals surface area contributed by atoms with Crippen molar-refractivity contribution in [3.8, 4) is 11.5 Å². The molecule has 2 N–H and O–H groups in total. The fraction of sp³-hybridized carbons (Fsp3) is 0.176. The molecular weight excluding hydrogens is 324 g/mol. The lowest BCUT2D eigenvalue weighted by atomic mass is 10.2. The molecule has 0 saturated carbocycles. The van der Waals surface area contributed by atoms with Crippen LogP contribution in [0.5, 0.6) is 11.5 Å². The molecule has 2 rings (SSSR count). The number of carbonyl (C=O) groups is 2. The lowest BCUT2D eigenvalue weighted by molar-refractivity contribution is -0.120. The number of ether oxygens (including phenoxy) is 2. The summed E-state index contributed by atoms with van der Waals surface area (Å²) in [6, 6.07) is 8.34. The minimum atomic E-state index is -0.445. The Morgan fingerprint density at radius 3 is 2.52 bits per heavy atom. The number of hydrogen-bond donors (Lipinski definition) is 2. The maximum atomic E-state index is 11.8. The van der Waals surface area contributed by atoms with Gasteiger partial charge in [0, 0.05) is 18.0 Å². The number of amides is 2. The predicted octanol–water partition coefficient (Wildman–Crippen LogP) is 0.979. The molecule has 0 aliphatic carbocycles. The largest absolute Gasteiger partial charge is 0.493 e. The van der Waals surface area contributed by atoms with Crippen LogP contribution in [0.2, 0.25) is 0 Å². The van der Waals surface area contributed by atoms with Crippen molar-refractivity contribution >= 4 is 18.0 Å². The van der Waals surface area contributed by atoms with Crippen molar-refractivity contribution in [2.24, 2.45) is 5.10 Å². The van der Waals surface area contributed by atoms with Gasteiger partial charge in [0.05, 0.1) is 27.0 Å². The molecule has 8 heteroatoms. The van der Waals surface area contributed by atoms with Gasteiger partial charge in [-0.25, -0.2) is 5.43 Å². The molecule has 0 spiro atoms. The van der Waals surface area contributed by atoms with Crippen molar-refractivity contribution in [3.05, 3.63) is 53.9 Å². The van der Waals surface area contributed by atoms with Crippen LogP contribution in [0.1, 0.15) is 15.9 Å². The highest BCUT2D eigenvalue weighted by Gasteiger charge is 2.07. The van der Waals surface area contributed by atoms with Gasteiger partial charge in [0.2, 0.25) is 0 Å². The smallest absolute Gasteiger partial charge is 0.259 e. The summed E-state index contributed by atoms with van der Waals surface area (Å²) in [5.41, 5.74) is 3.48. The van der Waals surface area contributed by atoms with Gasteiger partial charge in [0.25, 0.3) is 11.8 Å². The average molecular weight is 342 g/mol. The van der Waals surface area contributed by atoms with Crippen LogP contribution in [0, 0.1) is 0 Å². The van der Waals surface area contributed by atoms with Crippen molar-refractivity contribution in [2.45, 2.75) is 0 Å². The van der Waals surface area contributed by atoms with Crippen LogP contribution in [0.3, 0.4) is 0 Å². The van der Waals surface area contributed by atoms with Crippen LogP contribution in [0.15, 0.2) is 47.8 Å². The van der Waals surface area contributed by atoms with Gasteiger partial charge in [-0.1, -0.05) is 0 Å². The number of pyridine rings is 1. The Balaban J connectivity index is 1.83. The number of nitrogens with zero attached hydrogens (tertiary/aromatic N) is 2. The Morgan fingerprint density at radius 2 is 1.84 bits per heavy atom. The molecule has 0 unspecified atom stereocenters.